The molecule has 0 saturated heterocycles. The Labute approximate surface area is 187 Å². The molecule has 2 aliphatic rings. The van der Waals surface area contributed by atoms with Gasteiger partial charge >= 0.3 is 0 Å². The van der Waals surface area contributed by atoms with Gasteiger partial charge in [0.05, 0.1) is 13.2 Å². The summed E-state index contributed by atoms with van der Waals surface area (Å²) in [4.78, 5) is 17.9. The van der Waals surface area contributed by atoms with Crippen LogP contribution in [0, 0.1) is 0 Å². The predicted octanol–water partition coefficient (Wildman–Crippen LogP) is 3.57. The summed E-state index contributed by atoms with van der Waals surface area (Å²) in [7, 11) is 0. The summed E-state index contributed by atoms with van der Waals surface area (Å²) < 4.78 is 11.5. The van der Waals surface area contributed by atoms with Crippen LogP contribution in [-0.4, -0.2) is 44.2 Å². The lowest BCUT2D eigenvalue weighted by Gasteiger charge is -2.14. The molecule has 2 heterocycles. The third kappa shape index (κ3) is 7.17. The number of nitrogens with zero attached hydrogens (tertiary/aromatic N) is 1. The van der Waals surface area contributed by atoms with E-state index in [4.69, 9.17) is 9.47 Å². The van der Waals surface area contributed by atoms with Crippen LogP contribution in [-0.2, 0) is 11.2 Å². The van der Waals surface area contributed by atoms with Crippen molar-refractivity contribution in [1.29, 1.82) is 0 Å². The molecule has 7 nitrogen and oxygen atoms in total. The van der Waals surface area contributed by atoms with E-state index in [0.29, 0.717) is 38.2 Å². The van der Waals surface area contributed by atoms with E-state index in [9.17, 15) is 4.79 Å². The van der Waals surface area contributed by atoms with Crippen LogP contribution in [0.5, 0.6) is 11.5 Å². The molecule has 1 aromatic carbocycles. The average molecular weight is 443 g/mol. The van der Waals surface area contributed by atoms with Gasteiger partial charge in [0.1, 0.15) is 0 Å². The van der Waals surface area contributed by atoms with Crippen LogP contribution >= 0.6 is 11.3 Å². The fraction of sp³-hybridized carbons (Fsp3) is 0.478. The molecule has 1 aliphatic carbocycles. The fourth-order valence-corrected chi connectivity index (χ4v) is 3.94. The third-order valence-electron chi connectivity index (χ3n) is 5.03. The molecule has 2 aromatic rings. The van der Waals surface area contributed by atoms with Gasteiger partial charge in [0.15, 0.2) is 17.5 Å². The van der Waals surface area contributed by atoms with Crippen LogP contribution in [0.4, 0.5) is 5.69 Å². The van der Waals surface area contributed by atoms with Gasteiger partial charge < -0.3 is 25.4 Å². The molecule has 166 valence electrons. The van der Waals surface area contributed by atoms with Crippen LogP contribution in [0.1, 0.15) is 37.0 Å². The second-order valence-electron chi connectivity index (χ2n) is 7.77. The number of benzene rings is 1. The van der Waals surface area contributed by atoms with Gasteiger partial charge in [-0.2, -0.15) is 0 Å². The van der Waals surface area contributed by atoms with Gasteiger partial charge in [-0.3, -0.25) is 9.79 Å². The highest BCUT2D eigenvalue weighted by Gasteiger charge is 2.22. The summed E-state index contributed by atoms with van der Waals surface area (Å²) >= 11 is 1.76. The smallest absolute Gasteiger partial charge is 0.220 e. The number of guanidine groups is 1. The minimum atomic E-state index is 0.126. The lowest BCUT2D eigenvalue weighted by atomic mass is 10.2. The quantitative estimate of drug-likeness (QED) is 0.314. The van der Waals surface area contributed by atoms with Gasteiger partial charge in [-0.05, 0) is 49.3 Å². The topological polar surface area (TPSA) is 84.0 Å². The maximum atomic E-state index is 11.9. The highest BCUT2D eigenvalue weighted by Crippen LogP contribution is 2.32. The number of anilines is 1. The van der Waals surface area contributed by atoms with Crippen molar-refractivity contribution >= 4 is 28.9 Å². The molecule has 0 radical (unpaired) electrons. The van der Waals surface area contributed by atoms with Crippen molar-refractivity contribution in [3.8, 4) is 11.5 Å². The van der Waals surface area contributed by atoms with Gasteiger partial charge in [-0.15, -0.1) is 11.3 Å². The molecule has 1 amide bonds. The van der Waals surface area contributed by atoms with Crippen LogP contribution < -0.4 is 25.4 Å². The molecule has 0 unspecified atom stereocenters. The SMILES string of the molecule is O=C(CCCN=C(NCCc1cccs1)Nc1ccc2c(c1)OCCCO2)NC1CC1. The lowest BCUT2D eigenvalue weighted by molar-refractivity contribution is -0.121. The molecule has 31 heavy (non-hydrogen) atoms. The van der Waals surface area contributed by atoms with Crippen molar-refractivity contribution in [1.82, 2.24) is 10.6 Å². The lowest BCUT2D eigenvalue weighted by Crippen LogP contribution is -2.32. The maximum Gasteiger partial charge on any atom is 0.220 e. The number of hydrogen-bond donors (Lipinski definition) is 3. The van der Waals surface area contributed by atoms with Crippen LogP contribution in [0.2, 0.25) is 0 Å². The molecule has 1 fully saturated rings. The average Bonchev–Trinajstić information content (AvgIpc) is 3.48. The number of hydrogen-bond acceptors (Lipinski definition) is 5. The predicted molar refractivity (Wildman–Crippen MR) is 124 cm³/mol. The largest absolute Gasteiger partial charge is 0.490 e. The molecule has 4 rings (SSSR count). The summed E-state index contributed by atoms with van der Waals surface area (Å²) in [6, 6.07) is 10.4. The van der Waals surface area contributed by atoms with E-state index < -0.39 is 0 Å². The molecule has 1 aromatic heterocycles. The van der Waals surface area contributed by atoms with Crippen LogP contribution in [0.3, 0.4) is 0 Å². The van der Waals surface area contributed by atoms with Gasteiger partial charge in [0.25, 0.3) is 0 Å². The molecule has 0 bridgehead atoms. The van der Waals surface area contributed by atoms with E-state index in [1.165, 1.54) is 4.88 Å². The van der Waals surface area contributed by atoms with Gasteiger partial charge in [-0.25, -0.2) is 0 Å². The molecule has 3 N–H and O–H groups in total. The van der Waals surface area contributed by atoms with E-state index in [0.717, 1.165) is 55.8 Å². The summed E-state index contributed by atoms with van der Waals surface area (Å²) in [5.41, 5.74) is 0.887. The zero-order chi connectivity index (χ0) is 21.3. The maximum absolute atomic E-state index is 11.9. The van der Waals surface area contributed by atoms with Gasteiger partial charge in [-0.1, -0.05) is 6.07 Å². The Balaban J connectivity index is 1.33. The first-order valence-electron chi connectivity index (χ1n) is 11.0. The number of carbonyl (C=O) groups is 1. The third-order valence-corrected chi connectivity index (χ3v) is 5.96. The Bertz CT molecular complexity index is 881. The number of ether oxygens (including phenoxy) is 2. The first-order chi connectivity index (χ1) is 15.3. The van der Waals surface area contributed by atoms with Gasteiger partial charge in [0.2, 0.25) is 5.91 Å². The summed E-state index contributed by atoms with van der Waals surface area (Å²) in [6.07, 6.45) is 5.26. The highest BCUT2D eigenvalue weighted by molar-refractivity contribution is 7.09. The number of nitrogens with one attached hydrogen (secondary N) is 3. The number of thiophene rings is 1. The van der Waals surface area contributed by atoms with Crippen molar-refractivity contribution < 1.29 is 14.3 Å². The molecular formula is C23H30N4O3S. The first-order valence-corrected chi connectivity index (χ1v) is 11.9. The Kier molecular flexibility index (Phi) is 7.65. The van der Waals surface area contributed by atoms with Crippen LogP contribution in [0.25, 0.3) is 0 Å². The van der Waals surface area contributed by atoms with E-state index in [1.54, 1.807) is 11.3 Å². The molecule has 0 atom stereocenters. The van der Waals surface area contributed by atoms with Crippen molar-refractivity contribution in [2.45, 2.75) is 44.6 Å². The van der Waals surface area contributed by atoms with Crippen molar-refractivity contribution in [3.63, 3.8) is 0 Å². The molecular weight excluding hydrogens is 412 g/mol. The van der Waals surface area contributed by atoms with Crippen molar-refractivity contribution in [2.24, 2.45) is 4.99 Å². The Morgan fingerprint density at radius 3 is 2.84 bits per heavy atom. The van der Waals surface area contributed by atoms with E-state index >= 15 is 0 Å². The minimum Gasteiger partial charge on any atom is -0.490 e. The Morgan fingerprint density at radius 2 is 2.03 bits per heavy atom. The van der Waals surface area contributed by atoms with Crippen molar-refractivity contribution in [2.75, 3.05) is 31.6 Å². The fourth-order valence-electron chi connectivity index (χ4n) is 3.23. The standard InChI is InChI=1S/C23H30N4O3S/c28-22(26-17-6-7-17)5-1-11-24-23(25-12-10-19-4-2-15-31-19)27-18-8-9-20-21(16-18)30-14-3-13-29-20/h2,4,8-9,15-17H,1,3,5-7,10-14H2,(H,26,28)(H2,24,25,27). The number of rotatable bonds is 9. The van der Waals surface area contributed by atoms with Crippen LogP contribution in [0.15, 0.2) is 40.7 Å². The zero-order valence-electron chi connectivity index (χ0n) is 17.7. The number of amides is 1. The number of carbonyl (C=O) groups excluding carboxylic acids is 1. The molecule has 8 heteroatoms. The van der Waals surface area contributed by atoms with Gasteiger partial charge in [0, 0.05) is 48.6 Å². The monoisotopic (exact) mass is 442 g/mol. The zero-order valence-corrected chi connectivity index (χ0v) is 18.5. The molecule has 1 aliphatic heterocycles. The Morgan fingerprint density at radius 1 is 1.16 bits per heavy atom. The second kappa shape index (κ2) is 11.0. The minimum absolute atomic E-state index is 0.126. The summed E-state index contributed by atoms with van der Waals surface area (Å²) in [5, 5.41) is 11.9. The second-order valence-corrected chi connectivity index (χ2v) is 8.80. The highest BCUT2D eigenvalue weighted by atomic mass is 32.1. The van der Waals surface area contributed by atoms with Crippen molar-refractivity contribution in [3.05, 3.63) is 40.6 Å². The summed E-state index contributed by atoms with van der Waals surface area (Å²) in [6.45, 7) is 2.68. The molecule has 0 spiro atoms. The number of aliphatic imine (C=N–C) groups is 1. The Hall–Kier alpha value is -2.74. The molecule has 1 saturated carbocycles. The normalized spacial score (nSPS) is 15.8. The van der Waals surface area contributed by atoms with E-state index in [-0.39, 0.29) is 5.91 Å². The van der Waals surface area contributed by atoms with E-state index in [2.05, 4.69) is 38.5 Å². The van der Waals surface area contributed by atoms with E-state index in [1.807, 2.05) is 18.2 Å². The summed E-state index contributed by atoms with van der Waals surface area (Å²) in [5.74, 6) is 2.35. The first kappa shape index (κ1) is 21.5. The number of fused-ring (bicyclic) bond motifs is 1.